The number of carbonyl (C=O) groups is 1. The molecule has 18 heavy (non-hydrogen) atoms. The molecule has 1 saturated heterocycles. The Bertz CT molecular complexity index is 513. The number of nitrogens with zero attached hydrogens (tertiary/aromatic N) is 1. The zero-order chi connectivity index (χ0) is 12.9. The van der Waals surface area contributed by atoms with E-state index in [2.05, 4.69) is 25.2 Å². The molecular formula is C14H17ClN2O. The fourth-order valence-corrected chi connectivity index (χ4v) is 3.29. The van der Waals surface area contributed by atoms with Crippen LogP contribution < -0.4 is 5.32 Å². The molecule has 1 unspecified atom stereocenters. The van der Waals surface area contributed by atoms with Crippen LogP contribution in [0.25, 0.3) is 0 Å². The summed E-state index contributed by atoms with van der Waals surface area (Å²) in [6.45, 7) is 6.42. The first-order valence-electron chi connectivity index (χ1n) is 6.29. The second-order valence-electron chi connectivity index (χ2n) is 5.78. The van der Waals surface area contributed by atoms with Crippen LogP contribution in [0.1, 0.15) is 31.0 Å². The van der Waals surface area contributed by atoms with E-state index in [0.29, 0.717) is 6.54 Å². The van der Waals surface area contributed by atoms with Gasteiger partial charge in [-0.2, -0.15) is 0 Å². The van der Waals surface area contributed by atoms with Gasteiger partial charge >= 0.3 is 0 Å². The van der Waals surface area contributed by atoms with Crippen LogP contribution in [0.3, 0.4) is 0 Å². The van der Waals surface area contributed by atoms with Gasteiger partial charge in [-0.25, -0.2) is 0 Å². The van der Waals surface area contributed by atoms with Gasteiger partial charge in [0.2, 0.25) is 5.91 Å². The van der Waals surface area contributed by atoms with Crippen LogP contribution in [-0.4, -0.2) is 30.4 Å². The third-order valence-corrected chi connectivity index (χ3v) is 4.21. The van der Waals surface area contributed by atoms with E-state index in [-0.39, 0.29) is 17.4 Å². The molecule has 1 N–H and O–H groups in total. The van der Waals surface area contributed by atoms with Gasteiger partial charge in [-0.05, 0) is 23.3 Å². The predicted molar refractivity (Wildman–Crippen MR) is 71.8 cm³/mol. The lowest BCUT2D eigenvalue weighted by molar-refractivity contribution is -0.136. The summed E-state index contributed by atoms with van der Waals surface area (Å²) in [6.07, 6.45) is 0. The van der Waals surface area contributed by atoms with E-state index in [1.54, 1.807) is 0 Å². The van der Waals surface area contributed by atoms with Crippen molar-refractivity contribution in [2.24, 2.45) is 0 Å². The minimum Gasteiger partial charge on any atom is -0.332 e. The van der Waals surface area contributed by atoms with Crippen LogP contribution in [0.5, 0.6) is 0 Å². The third-order valence-electron chi connectivity index (χ3n) is 3.98. The Morgan fingerprint density at radius 2 is 2.22 bits per heavy atom. The zero-order valence-electron chi connectivity index (χ0n) is 10.7. The second-order valence-corrected chi connectivity index (χ2v) is 6.22. The number of carbonyl (C=O) groups excluding carboxylic acids is 1. The van der Waals surface area contributed by atoms with E-state index in [4.69, 9.17) is 11.6 Å². The Labute approximate surface area is 112 Å². The molecule has 0 bridgehead atoms. The van der Waals surface area contributed by atoms with E-state index < -0.39 is 0 Å². The van der Waals surface area contributed by atoms with Gasteiger partial charge in [0.25, 0.3) is 0 Å². The van der Waals surface area contributed by atoms with Crippen LogP contribution >= 0.6 is 11.6 Å². The Balaban J connectivity index is 2.15. The van der Waals surface area contributed by atoms with Gasteiger partial charge in [0.15, 0.2) is 0 Å². The number of amides is 1. The van der Waals surface area contributed by atoms with Crippen molar-refractivity contribution in [3.8, 4) is 0 Å². The second kappa shape index (κ2) is 3.97. The largest absolute Gasteiger partial charge is 0.332 e. The molecule has 0 aromatic heterocycles. The fraction of sp³-hybridized carbons (Fsp3) is 0.500. The standard InChI is InChI=1S/C14H17ClN2O/c1-14(2)8-17-12(6-16-7-13(17)18)10-5-9(15)3-4-11(10)14/h3-5,12,16H,6-8H2,1-2H3. The molecule has 2 aliphatic heterocycles. The molecule has 4 heteroatoms. The molecule has 0 spiro atoms. The summed E-state index contributed by atoms with van der Waals surface area (Å²) >= 11 is 6.11. The summed E-state index contributed by atoms with van der Waals surface area (Å²) in [6, 6.07) is 6.19. The lowest BCUT2D eigenvalue weighted by Gasteiger charge is -2.47. The van der Waals surface area contributed by atoms with E-state index in [0.717, 1.165) is 18.1 Å². The topological polar surface area (TPSA) is 32.3 Å². The fourth-order valence-electron chi connectivity index (χ4n) is 3.11. The maximum atomic E-state index is 12.0. The van der Waals surface area contributed by atoms with E-state index in [1.807, 2.05) is 17.0 Å². The molecule has 0 saturated carbocycles. The smallest absolute Gasteiger partial charge is 0.237 e. The number of hydrogen-bond donors (Lipinski definition) is 1. The summed E-state index contributed by atoms with van der Waals surface area (Å²) in [5.41, 5.74) is 2.49. The quantitative estimate of drug-likeness (QED) is 0.778. The highest BCUT2D eigenvalue weighted by atomic mass is 35.5. The molecule has 1 amide bonds. The van der Waals surface area contributed by atoms with Crippen molar-refractivity contribution in [1.82, 2.24) is 10.2 Å². The Morgan fingerprint density at radius 1 is 1.44 bits per heavy atom. The minimum absolute atomic E-state index is 0.0105. The van der Waals surface area contributed by atoms with Gasteiger partial charge in [0, 0.05) is 23.5 Å². The molecule has 1 aromatic rings. The number of piperazine rings is 1. The van der Waals surface area contributed by atoms with Crippen molar-refractivity contribution in [3.05, 3.63) is 34.3 Å². The van der Waals surface area contributed by atoms with Gasteiger partial charge in [-0.1, -0.05) is 31.5 Å². The first-order valence-corrected chi connectivity index (χ1v) is 6.67. The minimum atomic E-state index is -0.0105. The first kappa shape index (κ1) is 12.0. The number of benzene rings is 1. The average Bonchev–Trinajstić information content (AvgIpc) is 2.30. The van der Waals surface area contributed by atoms with Crippen LogP contribution in [0.2, 0.25) is 5.02 Å². The Hall–Kier alpha value is -1.06. The normalized spacial score (nSPS) is 25.6. The first-order chi connectivity index (χ1) is 8.49. The number of nitrogens with one attached hydrogen (secondary N) is 1. The highest BCUT2D eigenvalue weighted by Gasteiger charge is 2.41. The molecule has 1 atom stereocenters. The Kier molecular flexibility index (Phi) is 2.65. The molecule has 96 valence electrons. The van der Waals surface area contributed by atoms with Crippen LogP contribution in [0, 0.1) is 0 Å². The van der Waals surface area contributed by atoms with Crippen molar-refractivity contribution in [2.75, 3.05) is 19.6 Å². The SMILES string of the molecule is CC1(C)CN2C(=O)CNCC2c2cc(Cl)ccc21. The van der Waals surface area contributed by atoms with Crippen molar-refractivity contribution < 1.29 is 4.79 Å². The van der Waals surface area contributed by atoms with Gasteiger partial charge < -0.3 is 10.2 Å². The van der Waals surface area contributed by atoms with Crippen LogP contribution in [0.4, 0.5) is 0 Å². The molecule has 2 aliphatic rings. The highest BCUT2D eigenvalue weighted by Crippen LogP contribution is 2.41. The summed E-state index contributed by atoms with van der Waals surface area (Å²) < 4.78 is 0. The number of hydrogen-bond acceptors (Lipinski definition) is 2. The van der Waals surface area contributed by atoms with Gasteiger partial charge in [0.1, 0.15) is 0 Å². The van der Waals surface area contributed by atoms with Crippen LogP contribution in [0.15, 0.2) is 18.2 Å². The lowest BCUT2D eigenvalue weighted by Crippen LogP contribution is -2.56. The van der Waals surface area contributed by atoms with Gasteiger partial charge in [0.05, 0.1) is 12.6 Å². The number of fused-ring (bicyclic) bond motifs is 3. The summed E-state index contributed by atoms with van der Waals surface area (Å²) in [5.74, 6) is 0.185. The van der Waals surface area contributed by atoms with Crippen molar-refractivity contribution in [1.29, 1.82) is 0 Å². The highest BCUT2D eigenvalue weighted by molar-refractivity contribution is 6.30. The molecular weight excluding hydrogens is 248 g/mol. The number of halogens is 1. The number of rotatable bonds is 0. The molecule has 3 rings (SSSR count). The molecule has 3 nitrogen and oxygen atoms in total. The van der Waals surface area contributed by atoms with E-state index >= 15 is 0 Å². The van der Waals surface area contributed by atoms with E-state index in [1.165, 1.54) is 11.1 Å². The lowest BCUT2D eigenvalue weighted by atomic mass is 9.75. The zero-order valence-corrected chi connectivity index (χ0v) is 11.4. The van der Waals surface area contributed by atoms with Gasteiger partial charge in [-0.3, -0.25) is 4.79 Å². The van der Waals surface area contributed by atoms with Crippen LogP contribution in [-0.2, 0) is 10.2 Å². The predicted octanol–water partition coefficient (Wildman–Crippen LogP) is 2.10. The molecule has 1 fully saturated rings. The summed E-state index contributed by atoms with van der Waals surface area (Å²) in [5, 5.41) is 3.93. The molecule has 0 radical (unpaired) electrons. The summed E-state index contributed by atoms with van der Waals surface area (Å²) in [7, 11) is 0. The summed E-state index contributed by atoms with van der Waals surface area (Å²) in [4.78, 5) is 14.0. The third kappa shape index (κ3) is 1.73. The molecule has 2 heterocycles. The van der Waals surface area contributed by atoms with Crippen molar-refractivity contribution >= 4 is 17.5 Å². The monoisotopic (exact) mass is 264 g/mol. The van der Waals surface area contributed by atoms with Crippen molar-refractivity contribution in [2.45, 2.75) is 25.3 Å². The maximum absolute atomic E-state index is 12.0. The Morgan fingerprint density at radius 3 is 3.00 bits per heavy atom. The molecule has 0 aliphatic carbocycles. The van der Waals surface area contributed by atoms with Crippen molar-refractivity contribution in [3.63, 3.8) is 0 Å². The van der Waals surface area contributed by atoms with E-state index in [9.17, 15) is 4.79 Å². The average molecular weight is 265 g/mol. The molecule has 1 aromatic carbocycles. The van der Waals surface area contributed by atoms with Gasteiger partial charge in [-0.15, -0.1) is 0 Å². The maximum Gasteiger partial charge on any atom is 0.237 e.